The van der Waals surface area contributed by atoms with Crippen LogP contribution in [0.2, 0.25) is 0 Å². The maximum Gasteiger partial charge on any atom is 0.341 e. The molecule has 0 saturated carbocycles. The Morgan fingerprint density at radius 2 is 1.74 bits per heavy atom. The van der Waals surface area contributed by atoms with E-state index in [1.54, 1.807) is 19.2 Å². The van der Waals surface area contributed by atoms with Crippen molar-refractivity contribution in [3.05, 3.63) is 70.6 Å². The number of thiophene rings is 1. The number of esters is 2. The predicted molar refractivity (Wildman–Crippen MR) is 145 cm³/mol. The number of rotatable bonds is 9. The molecule has 0 atom stereocenters. The summed E-state index contributed by atoms with van der Waals surface area (Å²) in [7, 11) is -3.82. The van der Waals surface area contributed by atoms with Crippen molar-refractivity contribution in [2.24, 2.45) is 0 Å². The van der Waals surface area contributed by atoms with Gasteiger partial charge in [-0.15, -0.1) is 11.3 Å². The van der Waals surface area contributed by atoms with Crippen LogP contribution in [0, 0.1) is 6.92 Å². The number of hydrogen-bond acceptors (Lipinski definition) is 9. The van der Waals surface area contributed by atoms with Crippen molar-refractivity contribution in [1.29, 1.82) is 0 Å². The van der Waals surface area contributed by atoms with Gasteiger partial charge in [-0.3, -0.25) is 4.79 Å². The molecule has 0 aliphatic carbocycles. The van der Waals surface area contributed by atoms with E-state index in [0.29, 0.717) is 24.3 Å². The van der Waals surface area contributed by atoms with Gasteiger partial charge in [-0.1, -0.05) is 36.4 Å². The molecule has 2 aromatic carbocycles. The highest BCUT2D eigenvalue weighted by atomic mass is 32.2. The second kappa shape index (κ2) is 12.5. The van der Waals surface area contributed by atoms with Crippen LogP contribution in [-0.2, 0) is 29.0 Å². The lowest BCUT2D eigenvalue weighted by Gasteiger charge is -2.26. The van der Waals surface area contributed by atoms with E-state index in [1.165, 1.54) is 22.5 Å². The van der Waals surface area contributed by atoms with Crippen LogP contribution in [0.5, 0.6) is 0 Å². The average Bonchev–Trinajstić information content (AvgIpc) is 3.36. The van der Waals surface area contributed by atoms with Crippen molar-refractivity contribution < 1.29 is 37.0 Å². The second-order valence-corrected chi connectivity index (χ2v) is 11.4. The quantitative estimate of drug-likeness (QED) is 0.384. The van der Waals surface area contributed by atoms with Crippen LogP contribution in [0.25, 0.3) is 11.1 Å². The Bertz CT molecular complexity index is 1460. The molecule has 2 heterocycles. The van der Waals surface area contributed by atoms with E-state index in [-0.39, 0.29) is 40.7 Å². The van der Waals surface area contributed by atoms with Crippen LogP contribution in [0.4, 0.5) is 5.00 Å². The van der Waals surface area contributed by atoms with Gasteiger partial charge < -0.3 is 19.5 Å². The summed E-state index contributed by atoms with van der Waals surface area (Å²) >= 11 is 1.15. The zero-order chi connectivity index (χ0) is 28.0. The van der Waals surface area contributed by atoms with Crippen molar-refractivity contribution in [3.63, 3.8) is 0 Å². The summed E-state index contributed by atoms with van der Waals surface area (Å²) in [6.45, 7) is 3.89. The van der Waals surface area contributed by atoms with E-state index >= 15 is 0 Å². The Morgan fingerprint density at radius 1 is 1.03 bits per heavy atom. The van der Waals surface area contributed by atoms with Crippen LogP contribution >= 0.6 is 11.3 Å². The van der Waals surface area contributed by atoms with Crippen molar-refractivity contribution >= 4 is 44.2 Å². The minimum atomic E-state index is -3.82. The van der Waals surface area contributed by atoms with Gasteiger partial charge in [-0.25, -0.2) is 18.0 Å². The number of hydrogen-bond donors (Lipinski definition) is 1. The molecule has 1 aliphatic rings. The van der Waals surface area contributed by atoms with Gasteiger partial charge in [0.05, 0.1) is 30.3 Å². The summed E-state index contributed by atoms with van der Waals surface area (Å²) < 4.78 is 42.9. The topological polar surface area (TPSA) is 128 Å². The number of aryl methyl sites for hydroxylation is 1. The molecule has 0 unspecified atom stereocenters. The smallest absolute Gasteiger partial charge is 0.341 e. The highest BCUT2D eigenvalue weighted by molar-refractivity contribution is 7.89. The van der Waals surface area contributed by atoms with Crippen molar-refractivity contribution in [2.45, 2.75) is 18.7 Å². The fourth-order valence-corrected chi connectivity index (χ4v) is 6.38. The van der Waals surface area contributed by atoms with E-state index in [1.807, 2.05) is 30.3 Å². The number of sulfonamides is 1. The van der Waals surface area contributed by atoms with Gasteiger partial charge in [0.25, 0.3) is 5.91 Å². The summed E-state index contributed by atoms with van der Waals surface area (Å²) in [4.78, 5) is 38.2. The van der Waals surface area contributed by atoms with E-state index in [0.717, 1.165) is 16.9 Å². The fourth-order valence-electron chi connectivity index (χ4n) is 3.98. The molecule has 1 saturated heterocycles. The Balaban J connectivity index is 1.47. The lowest BCUT2D eigenvalue weighted by atomic mass is 10.0. The van der Waals surface area contributed by atoms with E-state index < -0.39 is 34.5 Å². The number of carbonyl (C=O) groups excluding carboxylic acids is 3. The third-order valence-corrected chi connectivity index (χ3v) is 8.77. The maximum atomic E-state index is 13.0. The summed E-state index contributed by atoms with van der Waals surface area (Å²) in [5.41, 5.74) is 2.14. The van der Waals surface area contributed by atoms with Gasteiger partial charge in [0, 0.05) is 24.0 Å². The third kappa shape index (κ3) is 6.53. The molecule has 0 spiro atoms. The summed E-state index contributed by atoms with van der Waals surface area (Å²) in [6, 6.07) is 13.4. The molecular formula is C27H28N2O8S2. The molecular weight excluding hydrogens is 544 g/mol. The normalized spacial score (nSPS) is 14.0. The highest BCUT2D eigenvalue weighted by Crippen LogP contribution is 2.36. The molecule has 3 aromatic rings. The number of ether oxygens (including phenoxy) is 3. The minimum absolute atomic E-state index is 0.0341. The van der Waals surface area contributed by atoms with Crippen LogP contribution in [0.1, 0.15) is 33.2 Å². The number of nitrogens with one attached hydrogen (secondary N) is 1. The molecule has 10 nitrogen and oxygen atoms in total. The predicted octanol–water partition coefficient (Wildman–Crippen LogP) is 3.72. The van der Waals surface area contributed by atoms with Crippen LogP contribution in [0.15, 0.2) is 58.8 Å². The van der Waals surface area contributed by atoms with Crippen molar-refractivity contribution in [2.75, 3.05) is 44.8 Å². The average molecular weight is 573 g/mol. The number of nitrogens with zero attached hydrogens (tertiary/aromatic N) is 1. The van der Waals surface area contributed by atoms with Crippen LogP contribution in [-0.4, -0.2) is 70.1 Å². The van der Waals surface area contributed by atoms with Crippen molar-refractivity contribution in [3.8, 4) is 11.1 Å². The number of amides is 1. The molecule has 39 heavy (non-hydrogen) atoms. The van der Waals surface area contributed by atoms with Crippen LogP contribution < -0.4 is 5.32 Å². The third-order valence-electron chi connectivity index (χ3n) is 5.98. The molecule has 1 aromatic heterocycles. The zero-order valence-corrected chi connectivity index (χ0v) is 23.1. The minimum Gasteiger partial charge on any atom is -0.462 e. The second-order valence-electron chi connectivity index (χ2n) is 8.56. The maximum absolute atomic E-state index is 13.0. The first-order chi connectivity index (χ1) is 18.7. The first-order valence-electron chi connectivity index (χ1n) is 12.2. The van der Waals surface area contributed by atoms with Gasteiger partial charge in [0.2, 0.25) is 10.0 Å². The standard InChI is InChI=1S/C27H28N2O8S2/c1-3-36-27(32)24-22(19-7-5-4-6-8-19)17-38-25(24)28-23(30)16-37-26(31)21-15-20(10-9-18(21)2)39(33,34)29-11-13-35-14-12-29/h4-10,15,17H,3,11-14,16H2,1-2H3,(H,28,30). The van der Waals surface area contributed by atoms with Gasteiger partial charge >= 0.3 is 11.9 Å². The molecule has 1 fully saturated rings. The number of carbonyl (C=O) groups is 3. The Morgan fingerprint density at radius 3 is 2.44 bits per heavy atom. The summed E-state index contributed by atoms with van der Waals surface area (Å²) in [5, 5.41) is 4.64. The lowest BCUT2D eigenvalue weighted by molar-refractivity contribution is -0.119. The van der Waals surface area contributed by atoms with E-state index in [9.17, 15) is 22.8 Å². The first kappa shape index (κ1) is 28.4. The van der Waals surface area contributed by atoms with E-state index in [4.69, 9.17) is 14.2 Å². The molecule has 1 aliphatic heterocycles. The van der Waals surface area contributed by atoms with Crippen LogP contribution in [0.3, 0.4) is 0 Å². The molecule has 0 radical (unpaired) electrons. The molecule has 1 N–H and O–H groups in total. The Hall–Kier alpha value is -3.58. The molecule has 4 rings (SSSR count). The van der Waals surface area contributed by atoms with Gasteiger partial charge in [0.1, 0.15) is 10.6 Å². The monoisotopic (exact) mass is 572 g/mol. The van der Waals surface area contributed by atoms with Gasteiger partial charge in [0.15, 0.2) is 6.61 Å². The molecule has 0 bridgehead atoms. The zero-order valence-electron chi connectivity index (χ0n) is 21.5. The largest absolute Gasteiger partial charge is 0.462 e. The summed E-state index contributed by atoms with van der Waals surface area (Å²) in [5.74, 6) is -2.09. The molecule has 12 heteroatoms. The Labute approximate surface area is 230 Å². The number of morpholine rings is 1. The summed E-state index contributed by atoms with van der Waals surface area (Å²) in [6.07, 6.45) is 0. The number of benzene rings is 2. The molecule has 206 valence electrons. The number of anilines is 1. The van der Waals surface area contributed by atoms with E-state index in [2.05, 4.69) is 5.32 Å². The lowest BCUT2D eigenvalue weighted by Crippen LogP contribution is -2.40. The van der Waals surface area contributed by atoms with Gasteiger partial charge in [-0.05, 0) is 37.1 Å². The SMILES string of the molecule is CCOC(=O)c1c(-c2ccccc2)csc1NC(=O)COC(=O)c1cc(S(=O)(=O)N2CCOCC2)ccc1C. The van der Waals surface area contributed by atoms with Crippen molar-refractivity contribution in [1.82, 2.24) is 4.31 Å². The fraction of sp³-hybridized carbons (Fsp3) is 0.296. The highest BCUT2D eigenvalue weighted by Gasteiger charge is 2.28. The first-order valence-corrected chi connectivity index (χ1v) is 14.5. The molecule has 1 amide bonds. The Kier molecular flexibility index (Phi) is 9.12. The van der Waals surface area contributed by atoms with Gasteiger partial charge in [-0.2, -0.15) is 4.31 Å².